The van der Waals surface area contributed by atoms with Crippen molar-refractivity contribution in [2.24, 2.45) is 13.0 Å². The van der Waals surface area contributed by atoms with Crippen LogP contribution in [-0.2, 0) is 13.5 Å². The Hall–Kier alpha value is -0.870. The lowest BCUT2D eigenvalue weighted by atomic mass is 10.1. The molecule has 0 spiro atoms. The van der Waals surface area contributed by atoms with Gasteiger partial charge in [0.2, 0.25) is 0 Å². The molecule has 0 fully saturated rings. The lowest BCUT2D eigenvalue weighted by molar-refractivity contribution is 0.260. The predicted molar refractivity (Wildman–Crippen MR) is 60.6 cm³/mol. The average Bonchev–Trinajstić information content (AvgIpc) is 2.60. The van der Waals surface area contributed by atoms with Gasteiger partial charge in [0.15, 0.2) is 0 Å². The van der Waals surface area contributed by atoms with E-state index in [1.54, 1.807) is 0 Å². The number of nitrogens with one attached hydrogen (secondary N) is 1. The van der Waals surface area contributed by atoms with Crippen LogP contribution >= 0.6 is 0 Å². The number of nitrogens with zero attached hydrogens (tertiary/aromatic N) is 2. The van der Waals surface area contributed by atoms with Gasteiger partial charge in [-0.25, -0.2) is 4.98 Å². The SMILES string of the molecule is CC(CCO)CNCCc1nccn1C. The van der Waals surface area contributed by atoms with Crippen molar-refractivity contribution < 1.29 is 5.11 Å². The van der Waals surface area contributed by atoms with Crippen molar-refractivity contribution >= 4 is 0 Å². The summed E-state index contributed by atoms with van der Waals surface area (Å²) >= 11 is 0. The van der Waals surface area contributed by atoms with Crippen molar-refractivity contribution in [1.29, 1.82) is 0 Å². The van der Waals surface area contributed by atoms with E-state index in [1.807, 2.05) is 24.0 Å². The first-order chi connectivity index (χ1) is 7.24. The quantitative estimate of drug-likeness (QED) is 0.648. The number of imidazole rings is 1. The molecular weight excluding hydrogens is 190 g/mol. The van der Waals surface area contributed by atoms with Gasteiger partial charge >= 0.3 is 0 Å². The van der Waals surface area contributed by atoms with Crippen LogP contribution in [0.4, 0.5) is 0 Å². The summed E-state index contributed by atoms with van der Waals surface area (Å²) in [4.78, 5) is 4.25. The molecule has 86 valence electrons. The van der Waals surface area contributed by atoms with Crippen molar-refractivity contribution in [2.75, 3.05) is 19.7 Å². The van der Waals surface area contributed by atoms with Gasteiger partial charge in [0, 0.05) is 39.0 Å². The van der Waals surface area contributed by atoms with Gasteiger partial charge in [-0.15, -0.1) is 0 Å². The second-order valence-corrected chi connectivity index (χ2v) is 4.03. The topological polar surface area (TPSA) is 50.1 Å². The van der Waals surface area contributed by atoms with Gasteiger partial charge in [-0.2, -0.15) is 0 Å². The molecule has 15 heavy (non-hydrogen) atoms. The molecule has 1 atom stereocenters. The first-order valence-electron chi connectivity index (χ1n) is 5.51. The smallest absolute Gasteiger partial charge is 0.109 e. The zero-order valence-corrected chi connectivity index (χ0v) is 9.61. The standard InChI is InChI=1S/C11H21N3O/c1-10(4-8-15)9-12-5-3-11-13-6-7-14(11)2/h6-7,10,12,15H,3-5,8-9H2,1-2H3. The molecule has 1 aromatic heterocycles. The van der Waals surface area contributed by atoms with Gasteiger partial charge in [-0.05, 0) is 18.9 Å². The summed E-state index contributed by atoms with van der Waals surface area (Å²) < 4.78 is 2.04. The van der Waals surface area contributed by atoms with Crippen LogP contribution in [0.3, 0.4) is 0 Å². The first-order valence-corrected chi connectivity index (χ1v) is 5.51. The summed E-state index contributed by atoms with van der Waals surface area (Å²) in [7, 11) is 2.01. The van der Waals surface area contributed by atoms with Crippen molar-refractivity contribution in [2.45, 2.75) is 19.8 Å². The third-order valence-electron chi connectivity index (χ3n) is 2.56. The van der Waals surface area contributed by atoms with E-state index >= 15 is 0 Å². The van der Waals surface area contributed by atoms with E-state index in [0.29, 0.717) is 5.92 Å². The highest BCUT2D eigenvalue weighted by Crippen LogP contribution is 1.98. The molecule has 1 heterocycles. The Kier molecular flexibility index (Phi) is 5.36. The average molecular weight is 211 g/mol. The molecule has 0 saturated heterocycles. The molecule has 0 aromatic carbocycles. The number of hydrogen-bond acceptors (Lipinski definition) is 3. The fourth-order valence-electron chi connectivity index (χ4n) is 1.51. The highest BCUT2D eigenvalue weighted by molar-refractivity contribution is 4.91. The van der Waals surface area contributed by atoms with Gasteiger partial charge in [0.1, 0.15) is 5.82 Å². The largest absolute Gasteiger partial charge is 0.396 e. The molecule has 0 bridgehead atoms. The summed E-state index contributed by atoms with van der Waals surface area (Å²) in [6, 6.07) is 0. The normalized spacial score (nSPS) is 13.0. The third kappa shape index (κ3) is 4.44. The van der Waals surface area contributed by atoms with Gasteiger partial charge < -0.3 is 15.0 Å². The number of hydrogen-bond donors (Lipinski definition) is 2. The maximum Gasteiger partial charge on any atom is 0.109 e. The highest BCUT2D eigenvalue weighted by Gasteiger charge is 2.01. The molecular formula is C11H21N3O. The van der Waals surface area contributed by atoms with Crippen LogP contribution in [0.25, 0.3) is 0 Å². The maximum atomic E-state index is 8.74. The van der Waals surface area contributed by atoms with Crippen molar-refractivity contribution in [3.63, 3.8) is 0 Å². The van der Waals surface area contributed by atoms with Crippen LogP contribution < -0.4 is 5.32 Å². The summed E-state index contributed by atoms with van der Waals surface area (Å²) in [5.41, 5.74) is 0. The summed E-state index contributed by atoms with van der Waals surface area (Å²) in [6.07, 6.45) is 5.61. The Morgan fingerprint density at radius 3 is 3.00 bits per heavy atom. The van der Waals surface area contributed by atoms with Crippen molar-refractivity contribution in [1.82, 2.24) is 14.9 Å². The van der Waals surface area contributed by atoms with Crippen LogP contribution in [0, 0.1) is 5.92 Å². The van der Waals surface area contributed by atoms with E-state index < -0.39 is 0 Å². The molecule has 0 radical (unpaired) electrons. The Bertz CT molecular complexity index is 273. The number of aryl methyl sites for hydroxylation is 1. The first kappa shape index (κ1) is 12.2. The fraction of sp³-hybridized carbons (Fsp3) is 0.727. The van der Waals surface area contributed by atoms with Crippen LogP contribution in [0.1, 0.15) is 19.2 Å². The molecule has 2 N–H and O–H groups in total. The Labute approximate surface area is 91.3 Å². The van der Waals surface area contributed by atoms with Gasteiger partial charge in [0.05, 0.1) is 0 Å². The van der Waals surface area contributed by atoms with E-state index in [1.165, 1.54) is 0 Å². The summed E-state index contributed by atoms with van der Waals surface area (Å²) in [5, 5.41) is 12.1. The molecule has 0 aliphatic heterocycles. The number of aliphatic hydroxyl groups is 1. The number of aliphatic hydroxyl groups excluding tert-OH is 1. The second-order valence-electron chi connectivity index (χ2n) is 4.03. The zero-order valence-electron chi connectivity index (χ0n) is 9.61. The number of rotatable bonds is 7. The molecule has 1 aromatic rings. The van der Waals surface area contributed by atoms with Crippen molar-refractivity contribution in [3.8, 4) is 0 Å². The van der Waals surface area contributed by atoms with Gasteiger partial charge in [-0.3, -0.25) is 0 Å². The monoisotopic (exact) mass is 211 g/mol. The molecule has 0 amide bonds. The molecule has 1 unspecified atom stereocenters. The summed E-state index contributed by atoms with van der Waals surface area (Å²) in [6.45, 7) is 4.33. The van der Waals surface area contributed by atoms with Crippen LogP contribution in [0.5, 0.6) is 0 Å². The maximum absolute atomic E-state index is 8.74. The molecule has 0 saturated carbocycles. The minimum atomic E-state index is 0.280. The number of aromatic nitrogens is 2. The molecule has 4 heteroatoms. The predicted octanol–water partition coefficient (Wildman–Crippen LogP) is 0.571. The third-order valence-corrected chi connectivity index (χ3v) is 2.56. The lowest BCUT2D eigenvalue weighted by Gasteiger charge is -2.10. The van der Waals surface area contributed by atoms with Crippen LogP contribution in [-0.4, -0.2) is 34.4 Å². The summed E-state index contributed by atoms with van der Waals surface area (Å²) in [5.74, 6) is 1.65. The van der Waals surface area contributed by atoms with Crippen LogP contribution in [0.2, 0.25) is 0 Å². The Morgan fingerprint density at radius 2 is 2.40 bits per heavy atom. The molecule has 0 aliphatic carbocycles. The Balaban J connectivity index is 2.09. The zero-order chi connectivity index (χ0) is 11.1. The van der Waals surface area contributed by atoms with E-state index in [0.717, 1.165) is 31.8 Å². The van der Waals surface area contributed by atoms with E-state index in [9.17, 15) is 0 Å². The second kappa shape index (κ2) is 6.58. The molecule has 0 aliphatic rings. The van der Waals surface area contributed by atoms with Gasteiger partial charge in [0.25, 0.3) is 0 Å². The lowest BCUT2D eigenvalue weighted by Crippen LogP contribution is -2.24. The van der Waals surface area contributed by atoms with Gasteiger partial charge in [-0.1, -0.05) is 6.92 Å². The fourth-order valence-corrected chi connectivity index (χ4v) is 1.51. The van der Waals surface area contributed by atoms with E-state index in [4.69, 9.17) is 5.11 Å². The Morgan fingerprint density at radius 1 is 1.60 bits per heavy atom. The van der Waals surface area contributed by atoms with E-state index in [2.05, 4.69) is 17.2 Å². The van der Waals surface area contributed by atoms with E-state index in [-0.39, 0.29) is 6.61 Å². The highest BCUT2D eigenvalue weighted by atomic mass is 16.3. The van der Waals surface area contributed by atoms with Crippen molar-refractivity contribution in [3.05, 3.63) is 18.2 Å². The minimum absolute atomic E-state index is 0.280. The van der Waals surface area contributed by atoms with Crippen LogP contribution in [0.15, 0.2) is 12.4 Å². The molecule has 1 rings (SSSR count). The molecule has 4 nitrogen and oxygen atoms in total. The minimum Gasteiger partial charge on any atom is -0.396 e.